The van der Waals surface area contributed by atoms with Gasteiger partial charge in [0, 0.05) is 11.6 Å². The molecule has 0 saturated heterocycles. The van der Waals surface area contributed by atoms with Gasteiger partial charge in [0.05, 0.1) is 5.52 Å². The molecule has 1 N–H and O–H groups in total. The first-order valence-corrected chi connectivity index (χ1v) is 4.76. The number of aromatic amines is 1. The third-order valence-corrected chi connectivity index (χ3v) is 2.47. The molecule has 0 spiro atoms. The molecule has 2 heteroatoms. The number of rotatable bonds is 0. The van der Waals surface area contributed by atoms with Crippen LogP contribution in [0.3, 0.4) is 0 Å². The fourth-order valence-corrected chi connectivity index (χ4v) is 1.67. The summed E-state index contributed by atoms with van der Waals surface area (Å²) in [5.74, 6) is -0.125. The average molecular weight is 207 g/mol. The molecule has 1 aromatic heterocycles. The van der Waals surface area contributed by atoms with Gasteiger partial charge in [-0.15, -0.1) is 0 Å². The van der Waals surface area contributed by atoms with E-state index in [1.165, 1.54) is 0 Å². The Morgan fingerprint density at radius 3 is 2.40 bits per heavy atom. The van der Waals surface area contributed by atoms with Crippen LogP contribution in [0.5, 0.6) is 0 Å². The second-order valence-corrected chi connectivity index (χ2v) is 4.62. The van der Waals surface area contributed by atoms with Crippen molar-refractivity contribution in [1.29, 1.82) is 0 Å². The molecular weight excluding hydrogens is 189 g/mol. The summed E-state index contributed by atoms with van der Waals surface area (Å²) in [7, 11) is 0. The van der Waals surface area contributed by atoms with Crippen LogP contribution < -0.4 is 0 Å². The zero-order chi connectivity index (χ0) is 10.3. The summed E-state index contributed by atoms with van der Waals surface area (Å²) in [6.07, 6.45) is 1.76. The summed E-state index contributed by atoms with van der Waals surface area (Å²) >= 11 is 0. The molecule has 1 nitrogen and oxygen atoms in total. The highest BCUT2D eigenvalue weighted by Crippen LogP contribution is 2.29. The number of H-pyrrole nitrogens is 1. The summed E-state index contributed by atoms with van der Waals surface area (Å²) in [5, 5.41) is 0.926. The van der Waals surface area contributed by atoms with E-state index in [9.17, 15) is 4.39 Å². The van der Waals surface area contributed by atoms with Crippen LogP contribution in [0.4, 0.5) is 4.39 Å². The second-order valence-electron chi connectivity index (χ2n) is 4.62. The minimum Gasteiger partial charge on any atom is -0.359 e. The Kier molecular flexibility index (Phi) is 2.89. The van der Waals surface area contributed by atoms with Gasteiger partial charge in [0.15, 0.2) is 5.82 Å². The van der Waals surface area contributed by atoms with E-state index in [2.05, 4.69) is 4.98 Å². The van der Waals surface area contributed by atoms with Crippen molar-refractivity contribution in [2.75, 3.05) is 0 Å². The van der Waals surface area contributed by atoms with Crippen LogP contribution in [0.1, 0.15) is 33.8 Å². The maximum atomic E-state index is 14.0. The lowest BCUT2D eigenvalue weighted by molar-refractivity contribution is 0.528. The molecule has 15 heavy (non-hydrogen) atoms. The first kappa shape index (κ1) is 11.8. The highest BCUT2D eigenvalue weighted by Gasteiger charge is 2.19. The Labute approximate surface area is 90.3 Å². The monoisotopic (exact) mass is 207 g/mol. The van der Waals surface area contributed by atoms with E-state index < -0.39 is 0 Å². The van der Waals surface area contributed by atoms with Crippen LogP contribution in [0.15, 0.2) is 24.4 Å². The van der Waals surface area contributed by atoms with Gasteiger partial charge in [0.2, 0.25) is 0 Å². The van der Waals surface area contributed by atoms with E-state index in [1.807, 2.05) is 39.0 Å². The predicted octanol–water partition coefficient (Wildman–Crippen LogP) is 4.24. The number of hydrogen-bond donors (Lipinski definition) is 1. The molecule has 0 saturated carbocycles. The lowest BCUT2D eigenvalue weighted by Crippen LogP contribution is -2.13. The zero-order valence-electron chi connectivity index (χ0n) is 8.69. The lowest BCUT2D eigenvalue weighted by atomic mass is 9.86. The van der Waals surface area contributed by atoms with Gasteiger partial charge in [-0.25, -0.2) is 4.39 Å². The van der Waals surface area contributed by atoms with E-state index in [4.69, 9.17) is 0 Å². The van der Waals surface area contributed by atoms with Crippen molar-refractivity contribution in [2.45, 2.75) is 33.6 Å². The summed E-state index contributed by atoms with van der Waals surface area (Å²) < 4.78 is 14.0. The van der Waals surface area contributed by atoms with Gasteiger partial charge in [-0.05, 0) is 17.0 Å². The first-order valence-electron chi connectivity index (χ1n) is 4.76. The van der Waals surface area contributed by atoms with Crippen molar-refractivity contribution in [3.63, 3.8) is 0 Å². The van der Waals surface area contributed by atoms with Crippen LogP contribution >= 0.6 is 0 Å². The third-order valence-electron chi connectivity index (χ3n) is 2.47. The van der Waals surface area contributed by atoms with Gasteiger partial charge >= 0.3 is 0 Å². The molecule has 0 atom stereocenters. The molecule has 0 aliphatic carbocycles. The quantitative estimate of drug-likeness (QED) is 0.665. The van der Waals surface area contributed by atoms with Crippen LogP contribution in [-0.4, -0.2) is 4.98 Å². The number of halogens is 1. The number of aromatic nitrogens is 1. The van der Waals surface area contributed by atoms with Gasteiger partial charge in [0.25, 0.3) is 0 Å². The van der Waals surface area contributed by atoms with Crippen molar-refractivity contribution in [2.24, 2.45) is 0 Å². The molecule has 0 aliphatic rings. The minimum absolute atomic E-state index is 0. The highest BCUT2D eigenvalue weighted by molar-refractivity contribution is 5.80. The van der Waals surface area contributed by atoms with E-state index in [0.717, 1.165) is 10.9 Å². The van der Waals surface area contributed by atoms with Crippen molar-refractivity contribution < 1.29 is 4.39 Å². The largest absolute Gasteiger partial charge is 0.359 e. The molecule has 0 unspecified atom stereocenters. The van der Waals surface area contributed by atoms with Crippen molar-refractivity contribution in [3.8, 4) is 0 Å². The second kappa shape index (κ2) is 3.69. The van der Waals surface area contributed by atoms with Crippen LogP contribution in [0.2, 0.25) is 0 Å². The number of fused-ring (bicyclic) bond motifs is 1. The summed E-state index contributed by atoms with van der Waals surface area (Å²) in [4.78, 5) is 2.93. The van der Waals surface area contributed by atoms with E-state index in [1.54, 1.807) is 6.20 Å². The van der Waals surface area contributed by atoms with Crippen LogP contribution in [-0.2, 0) is 5.41 Å². The van der Waals surface area contributed by atoms with Crippen molar-refractivity contribution in [3.05, 3.63) is 35.8 Å². The third kappa shape index (κ3) is 1.89. The SMILES string of the molecule is C.CC(C)(C)c1ccc2cc[nH]c2c1F. The number of hydrogen-bond acceptors (Lipinski definition) is 0. The van der Waals surface area contributed by atoms with Gasteiger partial charge in [0.1, 0.15) is 0 Å². The van der Waals surface area contributed by atoms with E-state index in [0.29, 0.717) is 5.52 Å². The standard InChI is InChI=1S/C12H14FN.CH4/c1-12(2,3)9-5-4-8-6-7-14-11(8)10(9)13;/h4-7,14H,1-3H3;1H4. The summed E-state index contributed by atoms with van der Waals surface area (Å²) in [5.41, 5.74) is 1.22. The Hall–Kier alpha value is -1.31. The molecule has 0 bridgehead atoms. The number of nitrogens with one attached hydrogen (secondary N) is 1. The lowest BCUT2D eigenvalue weighted by Gasteiger charge is -2.19. The summed E-state index contributed by atoms with van der Waals surface area (Å²) in [6, 6.07) is 5.70. The van der Waals surface area contributed by atoms with Gasteiger partial charge in [-0.3, -0.25) is 0 Å². The smallest absolute Gasteiger partial charge is 0.150 e. The molecule has 0 fully saturated rings. The maximum absolute atomic E-state index is 14.0. The molecule has 1 heterocycles. The fraction of sp³-hybridized carbons (Fsp3) is 0.385. The predicted molar refractivity (Wildman–Crippen MR) is 63.7 cm³/mol. The Bertz CT molecular complexity index is 463. The molecule has 0 radical (unpaired) electrons. The first-order chi connectivity index (χ1) is 6.50. The topological polar surface area (TPSA) is 15.8 Å². The Morgan fingerprint density at radius 1 is 1.13 bits per heavy atom. The molecule has 0 aliphatic heterocycles. The van der Waals surface area contributed by atoms with Gasteiger partial charge in [-0.2, -0.15) is 0 Å². The Balaban J connectivity index is 0.00000112. The molecular formula is C13H18FN. The maximum Gasteiger partial charge on any atom is 0.150 e. The van der Waals surface area contributed by atoms with Gasteiger partial charge in [-0.1, -0.05) is 40.3 Å². The normalized spacial score (nSPS) is 11.5. The zero-order valence-corrected chi connectivity index (χ0v) is 8.69. The highest BCUT2D eigenvalue weighted by atomic mass is 19.1. The summed E-state index contributed by atoms with van der Waals surface area (Å²) in [6.45, 7) is 6.04. The van der Waals surface area contributed by atoms with E-state index >= 15 is 0 Å². The molecule has 82 valence electrons. The van der Waals surface area contributed by atoms with Gasteiger partial charge < -0.3 is 4.98 Å². The molecule has 0 amide bonds. The molecule has 2 rings (SSSR count). The fourth-order valence-electron chi connectivity index (χ4n) is 1.67. The minimum atomic E-state index is -0.149. The van der Waals surface area contributed by atoms with Crippen molar-refractivity contribution >= 4 is 10.9 Å². The van der Waals surface area contributed by atoms with Crippen LogP contribution in [0.25, 0.3) is 10.9 Å². The molecule has 1 aromatic carbocycles. The van der Waals surface area contributed by atoms with Crippen molar-refractivity contribution in [1.82, 2.24) is 4.98 Å². The Morgan fingerprint density at radius 2 is 1.80 bits per heavy atom. The van der Waals surface area contributed by atoms with Crippen LogP contribution in [0, 0.1) is 5.82 Å². The van der Waals surface area contributed by atoms with E-state index in [-0.39, 0.29) is 18.7 Å². The average Bonchev–Trinajstić information content (AvgIpc) is 2.50. The number of benzene rings is 1. The molecule has 2 aromatic rings.